The van der Waals surface area contributed by atoms with Gasteiger partial charge in [0.05, 0.1) is 17.8 Å². The van der Waals surface area contributed by atoms with Gasteiger partial charge in [-0.15, -0.1) is 10.2 Å². The van der Waals surface area contributed by atoms with E-state index >= 15 is 0 Å². The number of rotatable bonds is 4. The van der Waals surface area contributed by atoms with E-state index in [0.29, 0.717) is 12.5 Å². The lowest BCUT2D eigenvalue weighted by Gasteiger charge is -2.25. The number of aromatic nitrogens is 5. The Morgan fingerprint density at radius 3 is 2.91 bits per heavy atom. The van der Waals surface area contributed by atoms with Gasteiger partial charge < -0.3 is 9.47 Å². The summed E-state index contributed by atoms with van der Waals surface area (Å²) in [5.74, 6) is 2.39. The lowest BCUT2D eigenvalue weighted by Crippen LogP contribution is -2.29. The third kappa shape index (κ3) is 2.44. The Kier molecular flexibility index (Phi) is 3.43. The Hall–Kier alpha value is -2.18. The molecule has 1 amide bonds. The van der Waals surface area contributed by atoms with Crippen molar-refractivity contribution in [1.82, 2.24) is 29.4 Å². The van der Waals surface area contributed by atoms with Crippen LogP contribution in [0.25, 0.3) is 0 Å². The molecule has 1 aliphatic carbocycles. The maximum atomic E-state index is 12.9. The van der Waals surface area contributed by atoms with Gasteiger partial charge in [0, 0.05) is 39.2 Å². The summed E-state index contributed by atoms with van der Waals surface area (Å²) in [5.41, 5.74) is 1.70. The molecule has 0 bridgehead atoms. The predicted molar refractivity (Wildman–Crippen MR) is 83.9 cm³/mol. The van der Waals surface area contributed by atoms with Crippen LogP contribution < -0.4 is 0 Å². The highest BCUT2D eigenvalue weighted by Crippen LogP contribution is 2.37. The van der Waals surface area contributed by atoms with E-state index in [0.717, 1.165) is 55.1 Å². The fourth-order valence-corrected chi connectivity index (χ4v) is 3.47. The molecule has 2 aliphatic rings. The molecule has 0 N–H and O–H groups in total. The maximum absolute atomic E-state index is 12.9. The van der Waals surface area contributed by atoms with Crippen LogP contribution in [-0.2, 0) is 26.6 Å². The summed E-state index contributed by atoms with van der Waals surface area (Å²) in [4.78, 5) is 14.6. The van der Waals surface area contributed by atoms with Crippen LogP contribution >= 0.6 is 0 Å². The van der Waals surface area contributed by atoms with Gasteiger partial charge in [-0.25, -0.2) is 0 Å². The van der Waals surface area contributed by atoms with Crippen molar-refractivity contribution >= 4 is 5.91 Å². The minimum atomic E-state index is 0.0235. The van der Waals surface area contributed by atoms with Gasteiger partial charge in [-0.05, 0) is 19.3 Å². The highest BCUT2D eigenvalue weighted by atomic mass is 16.2. The first kappa shape index (κ1) is 14.4. The first-order valence-corrected chi connectivity index (χ1v) is 8.33. The quantitative estimate of drug-likeness (QED) is 0.857. The third-order valence-corrected chi connectivity index (χ3v) is 4.99. The second-order valence-corrected chi connectivity index (χ2v) is 6.68. The van der Waals surface area contributed by atoms with Crippen molar-refractivity contribution in [2.75, 3.05) is 7.05 Å². The number of nitrogens with zero attached hydrogens (tertiary/aromatic N) is 6. The molecule has 0 unspecified atom stereocenters. The fraction of sp³-hybridized carbons (Fsp3) is 0.625. The lowest BCUT2D eigenvalue weighted by atomic mass is 9.81. The van der Waals surface area contributed by atoms with Crippen molar-refractivity contribution < 1.29 is 4.79 Å². The monoisotopic (exact) mass is 314 g/mol. The average molecular weight is 314 g/mol. The van der Waals surface area contributed by atoms with Gasteiger partial charge >= 0.3 is 0 Å². The molecule has 0 atom stereocenters. The Bertz CT molecular complexity index is 742. The van der Waals surface area contributed by atoms with E-state index in [1.54, 1.807) is 9.58 Å². The summed E-state index contributed by atoms with van der Waals surface area (Å²) in [5, 5.41) is 13.0. The number of amides is 1. The van der Waals surface area contributed by atoms with Crippen LogP contribution in [-0.4, -0.2) is 42.4 Å². The zero-order valence-electron chi connectivity index (χ0n) is 13.7. The number of fused-ring (bicyclic) bond motifs is 1. The van der Waals surface area contributed by atoms with E-state index in [1.807, 2.05) is 20.3 Å². The van der Waals surface area contributed by atoms with E-state index in [-0.39, 0.29) is 5.91 Å². The zero-order valence-corrected chi connectivity index (χ0v) is 13.7. The summed E-state index contributed by atoms with van der Waals surface area (Å²) in [7, 11) is 3.71. The Labute approximate surface area is 135 Å². The van der Waals surface area contributed by atoms with E-state index < -0.39 is 0 Å². The van der Waals surface area contributed by atoms with Crippen LogP contribution in [0.3, 0.4) is 0 Å². The maximum Gasteiger partial charge on any atom is 0.257 e. The normalized spacial score (nSPS) is 17.1. The number of carbonyl (C=O) groups is 1. The second kappa shape index (κ2) is 5.47. The topological polar surface area (TPSA) is 68.8 Å². The number of carbonyl (C=O) groups excluding carboxylic acids is 1. The van der Waals surface area contributed by atoms with E-state index in [9.17, 15) is 4.79 Å². The van der Waals surface area contributed by atoms with E-state index in [1.165, 1.54) is 6.42 Å². The molecule has 7 nitrogen and oxygen atoms in total. The van der Waals surface area contributed by atoms with Gasteiger partial charge in [-0.2, -0.15) is 5.10 Å². The number of aryl methyl sites for hydroxylation is 2. The molecule has 3 heterocycles. The molecule has 1 saturated carbocycles. The Balaban J connectivity index is 1.54. The zero-order chi connectivity index (χ0) is 16.0. The predicted octanol–water partition coefficient (Wildman–Crippen LogP) is 1.50. The largest absolute Gasteiger partial charge is 0.334 e. The molecule has 0 spiro atoms. The Morgan fingerprint density at radius 1 is 1.35 bits per heavy atom. The molecule has 2 aromatic rings. The first-order chi connectivity index (χ1) is 11.1. The standard InChI is InChI=1S/C16H22N6O/c1-20(10-14-18-17-13-7-4-8-22(13)14)16(23)12-9-21(2)19-15(12)11-5-3-6-11/h9,11H,3-8,10H2,1-2H3. The minimum Gasteiger partial charge on any atom is -0.334 e. The summed E-state index contributed by atoms with van der Waals surface area (Å²) < 4.78 is 3.89. The molecule has 0 radical (unpaired) electrons. The van der Waals surface area contributed by atoms with Crippen molar-refractivity contribution in [2.24, 2.45) is 7.05 Å². The van der Waals surface area contributed by atoms with Crippen molar-refractivity contribution in [1.29, 1.82) is 0 Å². The molecule has 7 heteroatoms. The first-order valence-electron chi connectivity index (χ1n) is 8.33. The van der Waals surface area contributed by atoms with Crippen LogP contribution in [0.15, 0.2) is 6.20 Å². The van der Waals surface area contributed by atoms with E-state index in [4.69, 9.17) is 0 Å². The van der Waals surface area contributed by atoms with Gasteiger partial charge in [0.15, 0.2) is 5.82 Å². The second-order valence-electron chi connectivity index (χ2n) is 6.68. The van der Waals surface area contributed by atoms with Crippen molar-refractivity contribution in [3.63, 3.8) is 0 Å². The van der Waals surface area contributed by atoms with Crippen molar-refractivity contribution in [2.45, 2.75) is 51.1 Å². The fourth-order valence-electron chi connectivity index (χ4n) is 3.47. The smallest absolute Gasteiger partial charge is 0.257 e. The summed E-state index contributed by atoms with van der Waals surface area (Å²) in [6, 6.07) is 0. The molecular weight excluding hydrogens is 292 g/mol. The van der Waals surface area contributed by atoms with Crippen LogP contribution in [0, 0.1) is 0 Å². The van der Waals surface area contributed by atoms with Gasteiger partial charge in [-0.3, -0.25) is 9.48 Å². The summed E-state index contributed by atoms with van der Waals surface area (Å²) in [6.45, 7) is 1.45. The van der Waals surface area contributed by atoms with Crippen molar-refractivity contribution in [3.05, 3.63) is 29.1 Å². The summed E-state index contributed by atoms with van der Waals surface area (Å²) in [6.07, 6.45) is 7.46. The molecule has 122 valence electrons. The lowest BCUT2D eigenvalue weighted by molar-refractivity contribution is 0.0777. The van der Waals surface area contributed by atoms with Gasteiger partial charge in [0.1, 0.15) is 5.82 Å². The van der Waals surface area contributed by atoms with Crippen LogP contribution in [0.5, 0.6) is 0 Å². The van der Waals surface area contributed by atoms with Gasteiger partial charge in [0.25, 0.3) is 5.91 Å². The molecule has 1 fully saturated rings. The van der Waals surface area contributed by atoms with Crippen molar-refractivity contribution in [3.8, 4) is 0 Å². The average Bonchev–Trinajstić information content (AvgIpc) is 3.14. The molecule has 1 aliphatic heterocycles. The number of hydrogen-bond donors (Lipinski definition) is 0. The molecule has 4 rings (SSSR count). The molecule has 0 aromatic carbocycles. The third-order valence-electron chi connectivity index (χ3n) is 4.99. The molecular formula is C16H22N6O. The van der Waals surface area contributed by atoms with Gasteiger partial charge in [0.2, 0.25) is 0 Å². The van der Waals surface area contributed by atoms with E-state index in [2.05, 4.69) is 19.9 Å². The van der Waals surface area contributed by atoms with Crippen LogP contribution in [0.4, 0.5) is 0 Å². The SMILES string of the molecule is CN(Cc1nnc2n1CCC2)C(=O)c1cn(C)nc1C1CCC1. The number of hydrogen-bond acceptors (Lipinski definition) is 4. The highest BCUT2D eigenvalue weighted by Gasteiger charge is 2.29. The van der Waals surface area contributed by atoms with Gasteiger partial charge in [-0.1, -0.05) is 6.42 Å². The molecule has 23 heavy (non-hydrogen) atoms. The molecule has 0 saturated heterocycles. The summed E-state index contributed by atoms with van der Waals surface area (Å²) >= 11 is 0. The Morgan fingerprint density at radius 2 is 2.17 bits per heavy atom. The highest BCUT2D eigenvalue weighted by molar-refractivity contribution is 5.95. The van der Waals surface area contributed by atoms with Crippen LogP contribution in [0.2, 0.25) is 0 Å². The van der Waals surface area contributed by atoms with Crippen LogP contribution in [0.1, 0.15) is 59.3 Å². The molecule has 2 aromatic heterocycles. The minimum absolute atomic E-state index is 0.0235.